The van der Waals surface area contributed by atoms with Crippen molar-refractivity contribution in [2.45, 2.75) is 10.9 Å². The number of H-pyrrole nitrogens is 1. The Morgan fingerprint density at radius 2 is 1.68 bits per heavy atom. The van der Waals surface area contributed by atoms with E-state index in [1.807, 2.05) is 0 Å². The number of esters is 2. The van der Waals surface area contributed by atoms with Crippen LogP contribution in [0.2, 0.25) is 0 Å². The van der Waals surface area contributed by atoms with Gasteiger partial charge in [0, 0.05) is 0 Å². The van der Waals surface area contributed by atoms with Crippen LogP contribution in [0.4, 0.5) is 0 Å². The van der Waals surface area contributed by atoms with Crippen LogP contribution in [0.25, 0.3) is 0 Å². The number of methoxy groups -OCH3 is 4. The second-order valence-electron chi connectivity index (χ2n) is 5.58. The summed E-state index contributed by atoms with van der Waals surface area (Å²) in [6.07, 6.45) is 0. The first-order valence-corrected chi connectivity index (χ1v) is 9.62. The van der Waals surface area contributed by atoms with E-state index < -0.39 is 17.9 Å². The number of ether oxygens (including phenoxy) is 4. The zero-order valence-electron chi connectivity index (χ0n) is 15.5. The fraction of sp³-hybridized carbons (Fsp3) is 0.278. The van der Waals surface area contributed by atoms with E-state index in [2.05, 4.69) is 4.98 Å². The lowest BCUT2D eigenvalue weighted by molar-refractivity contribution is -0.139. The molecule has 0 aliphatic carbocycles. The first kappa shape index (κ1) is 20.0. The fourth-order valence-corrected chi connectivity index (χ4v) is 5.15. The van der Waals surface area contributed by atoms with Crippen LogP contribution in [0.5, 0.6) is 11.5 Å². The summed E-state index contributed by atoms with van der Waals surface area (Å²) in [5, 5.41) is 0.489. The van der Waals surface area contributed by atoms with Gasteiger partial charge in [-0.05, 0) is 17.7 Å². The van der Waals surface area contributed by atoms with E-state index in [0.29, 0.717) is 27.0 Å². The summed E-state index contributed by atoms with van der Waals surface area (Å²) in [5.74, 6) is -1.11. The molecule has 1 aliphatic heterocycles. The summed E-state index contributed by atoms with van der Waals surface area (Å²) >= 11 is 1.95. The molecule has 3 rings (SSSR count). The van der Waals surface area contributed by atoms with Crippen molar-refractivity contribution in [3.05, 3.63) is 48.8 Å². The number of nitrogens with one attached hydrogen (secondary N) is 1. The van der Waals surface area contributed by atoms with Crippen LogP contribution in [-0.4, -0.2) is 45.4 Å². The number of rotatable bonds is 5. The van der Waals surface area contributed by atoms with Crippen molar-refractivity contribution >= 4 is 35.0 Å². The molecule has 1 aromatic heterocycles. The summed E-state index contributed by atoms with van der Waals surface area (Å²) in [4.78, 5) is 40.1. The minimum absolute atomic E-state index is 0.0654. The third-order valence-electron chi connectivity index (χ3n) is 4.16. The number of hydrogen-bond donors (Lipinski definition) is 1. The van der Waals surface area contributed by atoms with Gasteiger partial charge in [0.2, 0.25) is 0 Å². The Morgan fingerprint density at radius 1 is 1.00 bits per heavy atom. The Bertz CT molecular complexity index is 1020. The summed E-state index contributed by atoms with van der Waals surface area (Å²) in [7, 11) is 5.47. The standard InChI is InChI=1S/C18H17NO7S2/c1-23-9-6-5-8(7-10(9)24-2)11-12(16(20)25-3)14(17(21)26-4)27-15-13(11)28-18(22)19-15/h5-7,11H,1-4H3,(H,19,22)/t11-/m1/s1. The third kappa shape index (κ3) is 3.40. The highest BCUT2D eigenvalue weighted by atomic mass is 32.2. The number of benzene rings is 1. The first-order chi connectivity index (χ1) is 13.4. The highest BCUT2D eigenvalue weighted by Gasteiger charge is 2.40. The average Bonchev–Trinajstić information content (AvgIpc) is 3.10. The van der Waals surface area contributed by atoms with Gasteiger partial charge in [-0.15, -0.1) is 0 Å². The van der Waals surface area contributed by atoms with E-state index in [0.717, 1.165) is 23.1 Å². The first-order valence-electron chi connectivity index (χ1n) is 7.98. The Labute approximate surface area is 168 Å². The molecule has 10 heteroatoms. The van der Waals surface area contributed by atoms with Crippen molar-refractivity contribution < 1.29 is 28.5 Å². The van der Waals surface area contributed by atoms with Crippen molar-refractivity contribution in [3.8, 4) is 11.5 Å². The van der Waals surface area contributed by atoms with E-state index in [9.17, 15) is 14.4 Å². The molecule has 0 fully saturated rings. The maximum Gasteiger partial charge on any atom is 0.345 e. The zero-order chi connectivity index (χ0) is 20.4. The number of hydrogen-bond acceptors (Lipinski definition) is 9. The van der Waals surface area contributed by atoms with Gasteiger partial charge < -0.3 is 23.9 Å². The molecule has 0 saturated carbocycles. The van der Waals surface area contributed by atoms with Crippen LogP contribution >= 0.6 is 23.1 Å². The molecule has 0 spiro atoms. The molecule has 1 atom stereocenters. The Balaban J connectivity index is 2.30. The normalized spacial score (nSPS) is 15.6. The van der Waals surface area contributed by atoms with Crippen LogP contribution in [0.15, 0.2) is 38.5 Å². The second kappa shape index (κ2) is 8.11. The lowest BCUT2D eigenvalue weighted by Gasteiger charge is -2.26. The van der Waals surface area contributed by atoms with Gasteiger partial charge in [0.1, 0.15) is 4.91 Å². The molecule has 2 heterocycles. The maximum absolute atomic E-state index is 12.6. The van der Waals surface area contributed by atoms with E-state index >= 15 is 0 Å². The minimum atomic E-state index is -0.707. The zero-order valence-corrected chi connectivity index (χ0v) is 17.1. The number of carbonyl (C=O) groups excluding carboxylic acids is 2. The molecule has 1 aliphatic rings. The van der Waals surface area contributed by atoms with Crippen LogP contribution < -0.4 is 14.3 Å². The molecule has 1 N–H and O–H groups in total. The molecule has 0 radical (unpaired) electrons. The smallest absolute Gasteiger partial charge is 0.345 e. The van der Waals surface area contributed by atoms with Crippen LogP contribution in [0, 0.1) is 0 Å². The molecule has 0 bridgehead atoms. The molecular weight excluding hydrogens is 406 g/mol. The largest absolute Gasteiger partial charge is 0.493 e. The van der Waals surface area contributed by atoms with Crippen molar-refractivity contribution in [2.24, 2.45) is 0 Å². The number of aromatic nitrogens is 1. The van der Waals surface area contributed by atoms with Crippen molar-refractivity contribution in [3.63, 3.8) is 0 Å². The Morgan fingerprint density at radius 3 is 2.29 bits per heavy atom. The van der Waals surface area contributed by atoms with E-state index in [4.69, 9.17) is 18.9 Å². The lowest BCUT2D eigenvalue weighted by atomic mass is 9.88. The topological polar surface area (TPSA) is 104 Å². The monoisotopic (exact) mass is 423 g/mol. The van der Waals surface area contributed by atoms with Crippen LogP contribution in [0.3, 0.4) is 0 Å². The van der Waals surface area contributed by atoms with Gasteiger partial charge in [-0.2, -0.15) is 0 Å². The van der Waals surface area contributed by atoms with E-state index in [-0.39, 0.29) is 15.4 Å². The fourth-order valence-electron chi connectivity index (χ4n) is 2.93. The number of aromatic amines is 1. The van der Waals surface area contributed by atoms with Gasteiger partial charge in [-0.25, -0.2) is 9.59 Å². The molecule has 28 heavy (non-hydrogen) atoms. The average molecular weight is 423 g/mol. The van der Waals surface area contributed by atoms with Crippen molar-refractivity contribution in [1.82, 2.24) is 4.98 Å². The van der Waals surface area contributed by atoms with Gasteiger partial charge in [0.15, 0.2) is 11.5 Å². The molecular formula is C18H17NO7S2. The summed E-state index contributed by atoms with van der Waals surface area (Å²) < 4.78 is 20.4. The molecule has 0 unspecified atom stereocenters. The predicted molar refractivity (Wildman–Crippen MR) is 103 cm³/mol. The van der Waals surface area contributed by atoms with Gasteiger partial charge in [-0.1, -0.05) is 29.2 Å². The molecule has 148 valence electrons. The van der Waals surface area contributed by atoms with Gasteiger partial charge in [0.05, 0.1) is 49.8 Å². The maximum atomic E-state index is 12.6. The second-order valence-corrected chi connectivity index (χ2v) is 7.62. The van der Waals surface area contributed by atoms with Crippen molar-refractivity contribution in [1.29, 1.82) is 0 Å². The number of carbonyl (C=O) groups is 2. The third-order valence-corrected chi connectivity index (χ3v) is 6.35. The van der Waals surface area contributed by atoms with Gasteiger partial charge in [-0.3, -0.25) is 4.79 Å². The highest BCUT2D eigenvalue weighted by molar-refractivity contribution is 8.04. The minimum Gasteiger partial charge on any atom is -0.493 e. The quantitative estimate of drug-likeness (QED) is 0.731. The van der Waals surface area contributed by atoms with E-state index in [1.165, 1.54) is 28.4 Å². The number of thiazole rings is 1. The molecule has 0 amide bonds. The van der Waals surface area contributed by atoms with Crippen LogP contribution in [-0.2, 0) is 19.1 Å². The molecule has 0 saturated heterocycles. The summed E-state index contributed by atoms with van der Waals surface area (Å²) in [5.41, 5.74) is 0.741. The van der Waals surface area contributed by atoms with Gasteiger partial charge >= 0.3 is 16.8 Å². The Hall–Kier alpha value is -2.72. The predicted octanol–water partition coefficient (Wildman–Crippen LogP) is 2.29. The van der Waals surface area contributed by atoms with Gasteiger partial charge in [0.25, 0.3) is 0 Å². The molecule has 1 aromatic carbocycles. The van der Waals surface area contributed by atoms with Crippen LogP contribution in [0.1, 0.15) is 16.4 Å². The summed E-state index contributed by atoms with van der Waals surface area (Å²) in [6, 6.07) is 5.14. The number of fused-ring (bicyclic) bond motifs is 1. The highest BCUT2D eigenvalue weighted by Crippen LogP contribution is 2.49. The molecule has 2 aromatic rings. The van der Waals surface area contributed by atoms with E-state index in [1.54, 1.807) is 18.2 Å². The SMILES string of the molecule is COC(=O)C1=C(C(=O)OC)[C@@H](c2ccc(OC)c(OC)c2)c2sc(=O)[nH]c2S1. The van der Waals surface area contributed by atoms with Crippen molar-refractivity contribution in [2.75, 3.05) is 28.4 Å². The number of thioether (sulfide) groups is 1. The molecule has 8 nitrogen and oxygen atoms in total. The lowest BCUT2D eigenvalue weighted by Crippen LogP contribution is -2.22. The summed E-state index contributed by atoms with van der Waals surface area (Å²) in [6.45, 7) is 0. The Kier molecular flexibility index (Phi) is 5.80.